The minimum absolute atomic E-state index is 0.0999. The van der Waals surface area contributed by atoms with Gasteiger partial charge in [-0.1, -0.05) is 23.7 Å². The molecule has 16 heavy (non-hydrogen) atoms. The summed E-state index contributed by atoms with van der Waals surface area (Å²) in [5.74, 6) is 6.45. The third-order valence-corrected chi connectivity index (χ3v) is 2.45. The van der Waals surface area contributed by atoms with Crippen molar-refractivity contribution in [2.45, 2.75) is 13.3 Å². The van der Waals surface area contributed by atoms with Crippen LogP contribution in [0.4, 0.5) is 0 Å². The number of pyridine rings is 1. The van der Waals surface area contributed by atoms with Crippen molar-refractivity contribution < 1.29 is 9.59 Å². The first-order chi connectivity index (χ1) is 7.72. The first kappa shape index (κ1) is 12.5. The molecular formula is C12H11NO2S. The van der Waals surface area contributed by atoms with E-state index in [0.717, 1.165) is 0 Å². The predicted octanol–water partition coefficient (Wildman–Crippen LogP) is 1.92. The van der Waals surface area contributed by atoms with E-state index in [1.807, 2.05) is 0 Å². The lowest BCUT2D eigenvalue weighted by Crippen LogP contribution is -1.89. The minimum atomic E-state index is 0.0999. The van der Waals surface area contributed by atoms with Gasteiger partial charge in [0.2, 0.25) is 0 Å². The standard InChI is InChI=1S/C12H11NO2S/c1-10(15)16-8-3-2-5-11-6-4-7-12(9-14)13-11/h4,6-7,9H,3,8H2,1H3. The molecular weight excluding hydrogens is 222 g/mol. The number of aldehydes is 1. The normalized spacial score (nSPS) is 9.06. The maximum atomic E-state index is 10.6. The third-order valence-electron chi connectivity index (χ3n) is 1.64. The summed E-state index contributed by atoms with van der Waals surface area (Å²) in [4.78, 5) is 25.1. The van der Waals surface area contributed by atoms with Gasteiger partial charge in [0.15, 0.2) is 11.4 Å². The second-order valence-corrected chi connectivity index (χ2v) is 4.23. The van der Waals surface area contributed by atoms with E-state index in [2.05, 4.69) is 16.8 Å². The van der Waals surface area contributed by atoms with E-state index in [0.29, 0.717) is 29.8 Å². The van der Waals surface area contributed by atoms with Crippen molar-refractivity contribution in [3.63, 3.8) is 0 Å². The van der Waals surface area contributed by atoms with Crippen molar-refractivity contribution in [1.82, 2.24) is 4.98 Å². The Kier molecular flexibility index (Phi) is 5.30. The van der Waals surface area contributed by atoms with Crippen LogP contribution in [-0.4, -0.2) is 22.1 Å². The molecule has 0 radical (unpaired) electrons. The van der Waals surface area contributed by atoms with Crippen molar-refractivity contribution in [2.24, 2.45) is 0 Å². The van der Waals surface area contributed by atoms with Gasteiger partial charge < -0.3 is 0 Å². The summed E-state index contributed by atoms with van der Waals surface area (Å²) in [5.41, 5.74) is 0.960. The quantitative estimate of drug-likeness (QED) is 0.454. The first-order valence-electron chi connectivity index (χ1n) is 4.77. The Balaban J connectivity index is 2.49. The molecule has 1 rings (SSSR count). The molecule has 82 valence electrons. The van der Waals surface area contributed by atoms with Crippen LogP contribution < -0.4 is 0 Å². The highest BCUT2D eigenvalue weighted by molar-refractivity contribution is 8.13. The van der Waals surface area contributed by atoms with Gasteiger partial charge in [-0.2, -0.15) is 0 Å². The zero-order chi connectivity index (χ0) is 11.8. The molecule has 1 aromatic heterocycles. The SMILES string of the molecule is CC(=O)SCCC#Cc1cccc(C=O)n1. The van der Waals surface area contributed by atoms with Gasteiger partial charge in [0.25, 0.3) is 0 Å². The molecule has 1 heterocycles. The topological polar surface area (TPSA) is 47.0 Å². The van der Waals surface area contributed by atoms with Crippen LogP contribution in [0.25, 0.3) is 0 Å². The molecule has 0 amide bonds. The molecule has 1 aromatic rings. The molecule has 0 aliphatic heterocycles. The summed E-state index contributed by atoms with van der Waals surface area (Å²) >= 11 is 1.26. The summed E-state index contributed by atoms with van der Waals surface area (Å²) in [6, 6.07) is 5.12. The van der Waals surface area contributed by atoms with E-state index < -0.39 is 0 Å². The average Bonchev–Trinajstić information content (AvgIpc) is 2.28. The first-order valence-corrected chi connectivity index (χ1v) is 5.75. The highest BCUT2D eigenvalue weighted by Crippen LogP contribution is 2.02. The van der Waals surface area contributed by atoms with Gasteiger partial charge >= 0.3 is 0 Å². The van der Waals surface area contributed by atoms with Gasteiger partial charge in [-0.25, -0.2) is 4.98 Å². The summed E-state index contributed by atoms with van der Waals surface area (Å²) < 4.78 is 0. The van der Waals surface area contributed by atoms with E-state index in [9.17, 15) is 9.59 Å². The summed E-state index contributed by atoms with van der Waals surface area (Å²) in [6.07, 6.45) is 1.33. The van der Waals surface area contributed by atoms with Crippen LogP contribution >= 0.6 is 11.8 Å². The maximum absolute atomic E-state index is 10.6. The highest BCUT2D eigenvalue weighted by atomic mass is 32.2. The maximum Gasteiger partial charge on any atom is 0.185 e. The molecule has 4 heteroatoms. The highest BCUT2D eigenvalue weighted by Gasteiger charge is 1.93. The molecule has 0 aliphatic carbocycles. The lowest BCUT2D eigenvalue weighted by Gasteiger charge is -1.91. The Hall–Kier alpha value is -1.60. The third kappa shape index (κ3) is 4.76. The largest absolute Gasteiger partial charge is 0.296 e. The molecule has 0 spiro atoms. The van der Waals surface area contributed by atoms with Gasteiger partial charge in [-0.15, -0.1) is 0 Å². The van der Waals surface area contributed by atoms with Crippen molar-refractivity contribution in [1.29, 1.82) is 0 Å². The smallest absolute Gasteiger partial charge is 0.185 e. The Labute approximate surface area is 98.7 Å². The van der Waals surface area contributed by atoms with Crippen molar-refractivity contribution >= 4 is 23.2 Å². The molecule has 0 bridgehead atoms. The zero-order valence-electron chi connectivity index (χ0n) is 8.90. The van der Waals surface area contributed by atoms with Crippen LogP contribution in [-0.2, 0) is 4.79 Å². The second kappa shape index (κ2) is 6.81. The number of nitrogens with zero attached hydrogens (tertiary/aromatic N) is 1. The Bertz CT molecular complexity index is 446. The molecule has 0 saturated heterocycles. The van der Waals surface area contributed by atoms with Crippen LogP contribution in [0, 0.1) is 11.8 Å². The number of rotatable bonds is 3. The van der Waals surface area contributed by atoms with E-state index in [1.165, 1.54) is 18.7 Å². The number of hydrogen-bond acceptors (Lipinski definition) is 4. The van der Waals surface area contributed by atoms with Crippen LogP contribution in [0.15, 0.2) is 18.2 Å². The van der Waals surface area contributed by atoms with Crippen molar-refractivity contribution in [3.05, 3.63) is 29.6 Å². The van der Waals surface area contributed by atoms with Gasteiger partial charge in [0.1, 0.15) is 11.4 Å². The fourth-order valence-electron chi connectivity index (χ4n) is 0.986. The molecule has 0 aliphatic rings. The summed E-state index contributed by atoms with van der Waals surface area (Å²) in [5, 5.41) is 0.0999. The van der Waals surface area contributed by atoms with Gasteiger partial charge in [-0.3, -0.25) is 9.59 Å². The van der Waals surface area contributed by atoms with Crippen LogP contribution in [0.1, 0.15) is 29.5 Å². The van der Waals surface area contributed by atoms with Crippen LogP contribution in [0.3, 0.4) is 0 Å². The van der Waals surface area contributed by atoms with Crippen molar-refractivity contribution in [2.75, 3.05) is 5.75 Å². The van der Waals surface area contributed by atoms with E-state index >= 15 is 0 Å². The number of carbonyl (C=O) groups is 2. The Morgan fingerprint density at radius 1 is 1.56 bits per heavy atom. The molecule has 0 saturated carbocycles. The van der Waals surface area contributed by atoms with Gasteiger partial charge in [0.05, 0.1) is 0 Å². The fraction of sp³-hybridized carbons (Fsp3) is 0.250. The molecule has 0 unspecified atom stereocenters. The average molecular weight is 233 g/mol. The van der Waals surface area contributed by atoms with Gasteiger partial charge in [0, 0.05) is 19.1 Å². The second-order valence-electron chi connectivity index (χ2n) is 2.96. The fourth-order valence-corrected chi connectivity index (χ4v) is 1.48. The number of thioether (sulfide) groups is 1. The predicted molar refractivity (Wildman–Crippen MR) is 64.3 cm³/mol. The lowest BCUT2D eigenvalue weighted by atomic mass is 10.3. The number of aromatic nitrogens is 1. The Morgan fingerprint density at radius 3 is 3.06 bits per heavy atom. The lowest BCUT2D eigenvalue weighted by molar-refractivity contribution is -0.109. The monoisotopic (exact) mass is 233 g/mol. The molecule has 0 fully saturated rings. The van der Waals surface area contributed by atoms with E-state index in [4.69, 9.17) is 0 Å². The van der Waals surface area contributed by atoms with Gasteiger partial charge in [-0.05, 0) is 18.1 Å². The molecule has 0 aromatic carbocycles. The van der Waals surface area contributed by atoms with E-state index in [1.54, 1.807) is 18.2 Å². The molecule has 0 N–H and O–H groups in total. The van der Waals surface area contributed by atoms with Crippen LogP contribution in [0.5, 0.6) is 0 Å². The summed E-state index contributed by atoms with van der Waals surface area (Å²) in [7, 11) is 0. The number of hydrogen-bond donors (Lipinski definition) is 0. The molecule has 0 atom stereocenters. The zero-order valence-corrected chi connectivity index (χ0v) is 9.71. The van der Waals surface area contributed by atoms with Crippen molar-refractivity contribution in [3.8, 4) is 11.8 Å². The summed E-state index contributed by atoms with van der Waals surface area (Å²) in [6.45, 7) is 1.53. The number of carbonyl (C=O) groups excluding carboxylic acids is 2. The van der Waals surface area contributed by atoms with Crippen LogP contribution in [0.2, 0.25) is 0 Å². The Morgan fingerprint density at radius 2 is 2.38 bits per heavy atom. The molecule has 3 nitrogen and oxygen atoms in total. The minimum Gasteiger partial charge on any atom is -0.296 e. The van der Waals surface area contributed by atoms with E-state index in [-0.39, 0.29) is 5.12 Å².